The van der Waals surface area contributed by atoms with Gasteiger partial charge in [-0.25, -0.2) is 20.1 Å². The molecule has 0 aromatic heterocycles. The minimum absolute atomic E-state index is 0. The molecule has 0 saturated heterocycles. The molecule has 3 rings (SSSR count). The molecule has 1 heterocycles. The number of benzene rings is 2. The first-order chi connectivity index (χ1) is 22.2. The summed E-state index contributed by atoms with van der Waals surface area (Å²) in [6, 6.07) is 10.00. The van der Waals surface area contributed by atoms with Crippen molar-refractivity contribution in [2.24, 2.45) is 0 Å². The second kappa shape index (κ2) is 18.1. The first-order valence-electron chi connectivity index (χ1n) is 15.6. The summed E-state index contributed by atoms with van der Waals surface area (Å²) in [6.45, 7) is 25.1. The smallest absolute Gasteiger partial charge is 0.497 e. The third-order valence-electron chi connectivity index (χ3n) is 5.90. The number of ether oxygens (including phenoxy) is 2. The largest absolute Gasteiger partial charge is 1.00 e. The van der Waals surface area contributed by atoms with E-state index in [1.165, 1.54) is 4.78 Å². The fraction of sp³-hybridized carbons (Fsp3) is 0.562. The Morgan fingerprint density at radius 1 is 0.840 bits per heavy atom. The number of phenols is 1. The lowest BCUT2D eigenvalue weighted by atomic mass is 10.1. The van der Waals surface area contributed by atoms with Gasteiger partial charge in [0.25, 0.3) is 0 Å². The topological polar surface area (TPSA) is 116 Å². The highest BCUT2D eigenvalue weighted by Crippen LogP contribution is 2.80. The second-order valence-electron chi connectivity index (χ2n) is 14.6. The molecule has 0 saturated carbocycles. The Morgan fingerprint density at radius 3 is 1.64 bits per heavy atom. The Hall–Kier alpha value is -1.39. The summed E-state index contributed by atoms with van der Waals surface area (Å²) in [7, 11) is -4.84. The van der Waals surface area contributed by atoms with E-state index in [0.717, 1.165) is 0 Å². The van der Waals surface area contributed by atoms with Crippen molar-refractivity contribution in [3.05, 3.63) is 56.5 Å². The van der Waals surface area contributed by atoms with E-state index < -0.39 is 57.0 Å². The number of hydrogen-bond acceptors (Lipinski definition) is 8. The minimum Gasteiger partial charge on any atom is -1.00 e. The lowest BCUT2D eigenvalue weighted by Gasteiger charge is -2.55. The van der Waals surface area contributed by atoms with E-state index in [2.05, 4.69) is 19.1 Å². The highest BCUT2D eigenvalue weighted by atomic mass is 35.5. The van der Waals surface area contributed by atoms with Gasteiger partial charge in [-0.15, -0.1) is 8.88 Å². The number of halogens is 5. The number of hydrazine groups is 1. The molecule has 0 fully saturated rings. The predicted molar refractivity (Wildman–Crippen MR) is 202 cm³/mol. The van der Waals surface area contributed by atoms with Crippen LogP contribution in [0.3, 0.4) is 0 Å². The molecule has 0 unspecified atom stereocenters. The van der Waals surface area contributed by atoms with Crippen LogP contribution in [0.1, 0.15) is 90.0 Å². The number of carbonyl (C=O) groups is 2. The van der Waals surface area contributed by atoms with E-state index in [0.29, 0.717) is 15.8 Å². The van der Waals surface area contributed by atoms with E-state index in [-0.39, 0.29) is 28.2 Å². The molecule has 11 nitrogen and oxygen atoms in total. The number of nitrogens with one attached hydrogen (secondary N) is 2. The number of rotatable bonds is 6. The summed E-state index contributed by atoms with van der Waals surface area (Å²) in [5.41, 5.74) is 1.06. The summed E-state index contributed by atoms with van der Waals surface area (Å²) < 4.78 is 23.3. The average molecular weight is 840 g/mol. The Labute approximate surface area is 324 Å². The van der Waals surface area contributed by atoms with Crippen molar-refractivity contribution in [3.63, 3.8) is 0 Å². The summed E-state index contributed by atoms with van der Waals surface area (Å²) in [5, 5.41) is 14.0. The summed E-state index contributed by atoms with van der Waals surface area (Å²) in [4.78, 5) is 27.0. The van der Waals surface area contributed by atoms with Crippen molar-refractivity contribution in [3.8, 4) is 11.5 Å². The molecule has 18 heteroatoms. The summed E-state index contributed by atoms with van der Waals surface area (Å²) in [6.07, 6.45) is -2.36. The fourth-order valence-electron chi connectivity index (χ4n) is 4.48. The lowest BCUT2D eigenvalue weighted by molar-refractivity contribution is -0.468. The third-order valence-corrected chi connectivity index (χ3v) is 15.8. The molecule has 50 heavy (non-hydrogen) atoms. The van der Waals surface area contributed by atoms with E-state index in [1.54, 1.807) is 64.1 Å². The van der Waals surface area contributed by atoms with Gasteiger partial charge in [-0.3, -0.25) is 0 Å². The maximum atomic E-state index is 13.9. The van der Waals surface area contributed by atoms with Crippen molar-refractivity contribution in [2.75, 3.05) is 0 Å². The van der Waals surface area contributed by atoms with E-state index >= 15 is 0 Å². The van der Waals surface area contributed by atoms with Crippen LogP contribution in [0.4, 0.5) is 9.59 Å². The number of hydrogen-bond donors (Lipinski definition) is 3. The van der Waals surface area contributed by atoms with Gasteiger partial charge in [-0.2, -0.15) is 0 Å². The molecule has 2 atom stereocenters. The van der Waals surface area contributed by atoms with Gasteiger partial charge >= 0.3 is 28.1 Å². The van der Waals surface area contributed by atoms with E-state index in [1.807, 2.05) is 62.3 Å². The molecule has 2 aromatic carbocycles. The molecule has 1 aliphatic rings. The Kier molecular flexibility index (Phi) is 16.9. The fourth-order valence-corrected chi connectivity index (χ4v) is 14.1. The molecule has 0 radical (unpaired) electrons. The zero-order valence-electron chi connectivity index (χ0n) is 30.7. The quantitative estimate of drug-likeness (QED) is 0.196. The Morgan fingerprint density at radius 2 is 1.28 bits per heavy atom. The van der Waals surface area contributed by atoms with Crippen molar-refractivity contribution in [2.45, 2.75) is 119 Å². The molecule has 1 aliphatic heterocycles. The third kappa shape index (κ3) is 11.8. The number of amides is 2. The van der Waals surface area contributed by atoms with Crippen LogP contribution in [0, 0.1) is 0 Å². The van der Waals surface area contributed by atoms with Crippen molar-refractivity contribution < 1.29 is 45.2 Å². The normalized spacial score (nSPS) is 18.0. The van der Waals surface area contributed by atoms with E-state index in [9.17, 15) is 9.59 Å². The van der Waals surface area contributed by atoms with Crippen LogP contribution in [-0.2, 0) is 9.47 Å². The zero-order chi connectivity index (χ0) is 37.9. The number of nitrogens with zero attached hydrogens (tertiary/aromatic N) is 3. The van der Waals surface area contributed by atoms with Gasteiger partial charge in [0, 0.05) is 11.1 Å². The van der Waals surface area contributed by atoms with Crippen LogP contribution in [0.2, 0.25) is 20.1 Å². The minimum atomic E-state index is -3.22. The molecule has 0 aliphatic carbocycles. The molecule has 2 aromatic rings. The molecular formula is C32H50Cl5N5O6P2. The number of phenolic OH excluding ortho intramolecular Hbond substituents is 1. The average Bonchev–Trinajstić information content (AvgIpc) is 2.88. The van der Waals surface area contributed by atoms with E-state index in [4.69, 9.17) is 65.5 Å². The van der Waals surface area contributed by atoms with Gasteiger partial charge in [0.2, 0.25) is 0 Å². The Balaban J connectivity index is 0.00000108. The molecular weight excluding hydrogens is 790 g/mol. The maximum Gasteiger partial charge on any atom is 0.497 e. The van der Waals surface area contributed by atoms with Gasteiger partial charge in [-0.05, 0) is 114 Å². The van der Waals surface area contributed by atoms with Gasteiger partial charge in [0.05, 0.1) is 32.3 Å². The van der Waals surface area contributed by atoms with Crippen molar-refractivity contribution >= 4 is 74.5 Å². The lowest BCUT2D eigenvalue weighted by Crippen LogP contribution is -3.00. The van der Waals surface area contributed by atoms with Crippen LogP contribution in [0.25, 0.3) is 0 Å². The number of para-hydroxylation sites is 2. The Bertz CT molecular complexity index is 1520. The highest BCUT2D eigenvalue weighted by molar-refractivity contribution is 7.75. The molecule has 284 valence electrons. The van der Waals surface area contributed by atoms with Gasteiger partial charge < -0.3 is 31.5 Å². The van der Waals surface area contributed by atoms with Gasteiger partial charge in [0.1, 0.15) is 0 Å². The van der Waals surface area contributed by atoms with Gasteiger partial charge in [-0.1, -0.05) is 63.0 Å². The summed E-state index contributed by atoms with van der Waals surface area (Å²) in [5.74, 6) is 0.290. The predicted octanol–water partition coefficient (Wildman–Crippen LogP) is 8.46. The van der Waals surface area contributed by atoms with Gasteiger partial charge in [0.15, 0.2) is 17.0 Å². The molecule has 2 amide bonds. The van der Waals surface area contributed by atoms with Crippen molar-refractivity contribution in [1.82, 2.24) is 19.7 Å². The van der Waals surface area contributed by atoms with Crippen LogP contribution < -0.4 is 27.4 Å². The van der Waals surface area contributed by atoms with Crippen LogP contribution in [0.15, 0.2) is 36.4 Å². The number of aromatic hydroxyl groups is 1. The molecule has 3 N–H and O–H groups in total. The van der Waals surface area contributed by atoms with Crippen LogP contribution in [0.5, 0.6) is 11.5 Å². The van der Waals surface area contributed by atoms with Crippen molar-refractivity contribution in [1.29, 1.82) is 0 Å². The standard InChI is InChI=1S/C26H45Cl2N5O5P2.C6H4Cl2O.ClH/c1-17(2)36-22(34)29-31(23(35)37-18(3)4)40(30-24(5,6)7)32(25(8,9)10)39(33(40)26(11,12)13)38-21-19(27)15-14-16-20(21)28;7-4-2-1-3-5(8)6(4)9;/h14-18H,1-13H3,(H,29,34);1-3,9H;1H/t39-,40-;;. The monoisotopic (exact) mass is 837 g/mol. The first-order valence-corrected chi connectivity index (χ1v) is 19.9. The van der Waals surface area contributed by atoms with Crippen LogP contribution >= 0.6 is 62.4 Å². The first kappa shape index (κ1) is 46.6. The zero-order valence-corrected chi connectivity index (χ0v) is 36.3. The summed E-state index contributed by atoms with van der Waals surface area (Å²) >= 11 is 24.0. The highest BCUT2D eigenvalue weighted by Gasteiger charge is 2.73. The number of carbonyl (C=O) groups excluding carboxylic acids is 2. The molecule has 0 bridgehead atoms. The second-order valence-corrected chi connectivity index (χ2v) is 20.9. The molecule has 0 spiro atoms. The van der Waals surface area contributed by atoms with Crippen LogP contribution in [-0.4, -0.2) is 59.4 Å². The SMILES string of the molecule is CC(C)OC(=O)NN(C(=O)OC(C)C)[P@]1(NC(C)(C)C)=[N+](C(C)(C)C)[P@@](Oc2c(Cl)cccc2Cl)N1C(C)(C)C.Oc1c(Cl)cccc1Cl.[Cl-]. The maximum absolute atomic E-state index is 13.9.